The van der Waals surface area contributed by atoms with E-state index in [2.05, 4.69) is 15.2 Å². The van der Waals surface area contributed by atoms with E-state index < -0.39 is 0 Å². The van der Waals surface area contributed by atoms with Crippen LogP contribution in [-0.4, -0.2) is 34.4 Å². The molecule has 14 heavy (non-hydrogen) atoms. The Bertz CT molecular complexity index is 280. The number of nitrogens with two attached hydrogens (primary N) is 1. The minimum absolute atomic E-state index is 0. The Hall–Kier alpha value is -0.360. The summed E-state index contributed by atoms with van der Waals surface area (Å²) in [5.41, 5.74) is 5.80. The third kappa shape index (κ3) is 2.57. The van der Waals surface area contributed by atoms with Crippen LogP contribution < -0.4 is 5.73 Å². The molecule has 7 heteroatoms. The van der Waals surface area contributed by atoms with Gasteiger partial charge in [-0.2, -0.15) is 5.10 Å². The lowest BCUT2D eigenvalue weighted by Gasteiger charge is -2.07. The summed E-state index contributed by atoms with van der Waals surface area (Å²) < 4.78 is 5.21. The molecule has 1 aliphatic heterocycles. The van der Waals surface area contributed by atoms with E-state index in [1.54, 1.807) is 0 Å². The molecule has 3 N–H and O–H groups in total. The minimum atomic E-state index is 0. The Morgan fingerprint density at radius 3 is 2.57 bits per heavy atom. The van der Waals surface area contributed by atoms with Gasteiger partial charge in [-0.1, -0.05) is 0 Å². The number of halogens is 2. The van der Waals surface area contributed by atoms with Gasteiger partial charge in [0.2, 0.25) is 0 Å². The van der Waals surface area contributed by atoms with Crippen molar-refractivity contribution in [1.29, 1.82) is 0 Å². The van der Waals surface area contributed by atoms with E-state index in [4.69, 9.17) is 10.5 Å². The van der Waals surface area contributed by atoms with E-state index in [1.807, 2.05) is 6.92 Å². The molecule has 0 aromatic carbocycles. The Balaban J connectivity index is 0.000000845. The zero-order valence-corrected chi connectivity index (χ0v) is 9.40. The molecule has 1 aromatic rings. The second-order valence-electron chi connectivity index (χ2n) is 3.09. The van der Waals surface area contributed by atoms with Crippen LogP contribution in [0.3, 0.4) is 0 Å². The van der Waals surface area contributed by atoms with Gasteiger partial charge in [-0.15, -0.1) is 24.8 Å². The highest BCUT2D eigenvalue weighted by atomic mass is 35.5. The molecule has 0 radical (unpaired) electrons. The maximum atomic E-state index is 5.80. The molecule has 82 valence electrons. The van der Waals surface area contributed by atoms with Crippen LogP contribution in [0, 0.1) is 6.92 Å². The fourth-order valence-corrected chi connectivity index (χ4v) is 1.36. The molecule has 2 rings (SSSR count). The van der Waals surface area contributed by atoms with Crippen molar-refractivity contribution < 1.29 is 4.74 Å². The number of rotatable bonds is 1. The molecule has 0 aliphatic carbocycles. The molecule has 0 saturated carbocycles. The van der Waals surface area contributed by atoms with Crippen LogP contribution in [0.5, 0.6) is 0 Å². The van der Waals surface area contributed by atoms with Crippen molar-refractivity contribution in [2.75, 3.05) is 13.2 Å². The Morgan fingerprint density at radius 2 is 2.14 bits per heavy atom. The quantitative estimate of drug-likeness (QED) is 0.746. The average molecular weight is 241 g/mol. The number of nitrogens with one attached hydrogen (secondary N) is 1. The molecule has 1 saturated heterocycles. The number of ether oxygens (including phenoxy) is 1. The second kappa shape index (κ2) is 5.50. The molecule has 1 aliphatic rings. The van der Waals surface area contributed by atoms with Gasteiger partial charge in [-0.05, 0) is 6.92 Å². The maximum Gasteiger partial charge on any atom is 0.157 e. The topological polar surface area (TPSA) is 76.8 Å². The van der Waals surface area contributed by atoms with Gasteiger partial charge in [-0.25, -0.2) is 4.98 Å². The summed E-state index contributed by atoms with van der Waals surface area (Å²) in [5.74, 6) is 1.76. The number of aromatic nitrogens is 3. The molecule has 2 atom stereocenters. The summed E-state index contributed by atoms with van der Waals surface area (Å²) >= 11 is 0. The van der Waals surface area contributed by atoms with Crippen LogP contribution in [0.4, 0.5) is 0 Å². The fraction of sp³-hybridized carbons (Fsp3) is 0.714. The van der Waals surface area contributed by atoms with Gasteiger partial charge >= 0.3 is 0 Å². The van der Waals surface area contributed by atoms with Gasteiger partial charge in [0.25, 0.3) is 0 Å². The summed E-state index contributed by atoms with van der Waals surface area (Å²) in [7, 11) is 0. The van der Waals surface area contributed by atoms with Crippen LogP contribution in [-0.2, 0) is 4.74 Å². The van der Waals surface area contributed by atoms with E-state index >= 15 is 0 Å². The average Bonchev–Trinajstić information content (AvgIpc) is 2.58. The predicted octanol–water partition coefficient (Wildman–Crippen LogP) is 0.398. The van der Waals surface area contributed by atoms with Gasteiger partial charge in [-0.3, -0.25) is 5.10 Å². The molecule has 5 nitrogen and oxygen atoms in total. The summed E-state index contributed by atoms with van der Waals surface area (Å²) in [4.78, 5) is 4.22. The summed E-state index contributed by atoms with van der Waals surface area (Å²) in [6, 6.07) is 0.0419. The summed E-state index contributed by atoms with van der Waals surface area (Å²) in [6.07, 6.45) is 0. The molecule has 0 unspecified atom stereocenters. The highest BCUT2D eigenvalue weighted by Gasteiger charge is 2.29. The zero-order chi connectivity index (χ0) is 8.55. The molecular formula is C7H14Cl2N4O. The fourth-order valence-electron chi connectivity index (χ4n) is 1.36. The standard InChI is InChI=1S/C7H12N4O.2ClH/c1-4-9-7(11-10-4)5-2-12-3-6(5)8;;/h5-6H,2-3,8H2,1H3,(H,9,10,11);2*1H/t5-,6+;;/m1../s1. The molecule has 1 aromatic heterocycles. The normalized spacial score (nSPS) is 25.3. The highest BCUT2D eigenvalue weighted by Crippen LogP contribution is 2.20. The molecule has 2 heterocycles. The van der Waals surface area contributed by atoms with E-state index in [0.717, 1.165) is 11.6 Å². The number of hydrogen-bond acceptors (Lipinski definition) is 4. The third-order valence-electron chi connectivity index (χ3n) is 2.07. The van der Waals surface area contributed by atoms with E-state index in [9.17, 15) is 0 Å². The van der Waals surface area contributed by atoms with E-state index in [0.29, 0.717) is 13.2 Å². The first-order valence-electron chi connectivity index (χ1n) is 3.99. The van der Waals surface area contributed by atoms with Crippen LogP contribution >= 0.6 is 24.8 Å². The van der Waals surface area contributed by atoms with Crippen molar-refractivity contribution in [2.24, 2.45) is 5.73 Å². The van der Waals surface area contributed by atoms with Gasteiger partial charge in [0.05, 0.1) is 19.1 Å². The smallest absolute Gasteiger partial charge is 0.157 e. The van der Waals surface area contributed by atoms with E-state index in [1.165, 1.54) is 0 Å². The molecule has 1 fully saturated rings. The van der Waals surface area contributed by atoms with Crippen molar-refractivity contribution in [1.82, 2.24) is 15.2 Å². The van der Waals surface area contributed by atoms with Gasteiger partial charge in [0.15, 0.2) is 5.82 Å². The number of aromatic amines is 1. The van der Waals surface area contributed by atoms with Crippen LogP contribution in [0.15, 0.2) is 0 Å². The second-order valence-corrected chi connectivity index (χ2v) is 3.09. The van der Waals surface area contributed by atoms with Crippen LogP contribution in [0.25, 0.3) is 0 Å². The molecular weight excluding hydrogens is 227 g/mol. The lowest BCUT2D eigenvalue weighted by molar-refractivity contribution is 0.190. The molecule has 0 amide bonds. The van der Waals surface area contributed by atoms with Crippen molar-refractivity contribution in [3.05, 3.63) is 11.6 Å². The summed E-state index contributed by atoms with van der Waals surface area (Å²) in [6.45, 7) is 3.12. The Kier molecular flexibility index (Phi) is 5.36. The third-order valence-corrected chi connectivity index (χ3v) is 2.07. The van der Waals surface area contributed by atoms with Crippen molar-refractivity contribution >= 4 is 24.8 Å². The van der Waals surface area contributed by atoms with Crippen LogP contribution in [0.2, 0.25) is 0 Å². The number of aryl methyl sites for hydroxylation is 1. The predicted molar refractivity (Wildman–Crippen MR) is 57.2 cm³/mol. The first-order valence-corrected chi connectivity index (χ1v) is 3.99. The van der Waals surface area contributed by atoms with Gasteiger partial charge in [0.1, 0.15) is 5.82 Å². The monoisotopic (exact) mass is 240 g/mol. The van der Waals surface area contributed by atoms with Gasteiger partial charge < -0.3 is 10.5 Å². The van der Waals surface area contributed by atoms with E-state index in [-0.39, 0.29) is 36.8 Å². The first-order chi connectivity index (χ1) is 5.77. The lowest BCUT2D eigenvalue weighted by Crippen LogP contribution is -2.27. The van der Waals surface area contributed by atoms with Crippen molar-refractivity contribution in [3.8, 4) is 0 Å². The first kappa shape index (κ1) is 13.6. The van der Waals surface area contributed by atoms with Crippen LogP contribution in [0.1, 0.15) is 17.6 Å². The lowest BCUT2D eigenvalue weighted by atomic mass is 10.0. The summed E-state index contributed by atoms with van der Waals surface area (Å²) in [5, 5.41) is 6.85. The SMILES string of the molecule is Cc1nc([C@@H]2COC[C@@H]2N)n[nH]1.Cl.Cl. The minimum Gasteiger partial charge on any atom is -0.379 e. The molecule has 0 spiro atoms. The zero-order valence-electron chi connectivity index (χ0n) is 7.77. The van der Waals surface area contributed by atoms with Crippen molar-refractivity contribution in [3.63, 3.8) is 0 Å². The Labute approximate surface area is 94.6 Å². The Morgan fingerprint density at radius 1 is 1.43 bits per heavy atom. The number of H-pyrrole nitrogens is 1. The maximum absolute atomic E-state index is 5.80. The van der Waals surface area contributed by atoms with Gasteiger partial charge in [0, 0.05) is 6.04 Å². The highest BCUT2D eigenvalue weighted by molar-refractivity contribution is 5.85. The molecule has 0 bridgehead atoms. The van der Waals surface area contributed by atoms with Crippen molar-refractivity contribution in [2.45, 2.75) is 18.9 Å². The largest absolute Gasteiger partial charge is 0.379 e. The number of hydrogen-bond donors (Lipinski definition) is 2. The number of nitrogens with zero attached hydrogens (tertiary/aromatic N) is 2.